The first-order valence-electron chi connectivity index (χ1n) is 7.14. The van der Waals surface area contributed by atoms with Gasteiger partial charge in [0, 0.05) is 13.6 Å². The first-order valence-corrected chi connectivity index (χ1v) is 8.02. The molecule has 0 saturated heterocycles. The minimum atomic E-state index is -0.0984. The Balaban J connectivity index is 2.98. The Bertz CT molecular complexity index is 538. The first kappa shape index (κ1) is 17.5. The molecule has 0 N–H and O–H groups in total. The van der Waals surface area contributed by atoms with Gasteiger partial charge in [0.2, 0.25) is 0 Å². The maximum Gasteiger partial charge on any atom is 0.260 e. The molecule has 1 aromatic rings. The zero-order chi connectivity index (χ0) is 15.8. The normalized spacial score (nSPS) is 11.3. The number of benzene rings is 1. The highest BCUT2D eigenvalue weighted by Crippen LogP contribution is 2.21. The van der Waals surface area contributed by atoms with Crippen LogP contribution in [-0.4, -0.2) is 30.0 Å². The second kappa shape index (κ2) is 8.67. The molecule has 1 amide bonds. The van der Waals surface area contributed by atoms with Crippen LogP contribution in [-0.2, 0) is 9.59 Å². The number of nitrogens with zero attached hydrogens (tertiary/aromatic N) is 1. The number of likely N-dealkylation sites (N-methyl/N-ethyl adjacent to an activating group) is 1. The summed E-state index contributed by atoms with van der Waals surface area (Å²) in [5.41, 5.74) is 4.03. The summed E-state index contributed by atoms with van der Waals surface area (Å²) in [5.74, 6) is -0.0984. The van der Waals surface area contributed by atoms with E-state index in [1.54, 1.807) is 18.0 Å². The molecule has 0 spiro atoms. The van der Waals surface area contributed by atoms with E-state index in [1.807, 2.05) is 32.0 Å². The van der Waals surface area contributed by atoms with Gasteiger partial charge in [0.05, 0.1) is 4.91 Å². The number of carbonyl (C=O) groups is 2. The second-order valence-electron chi connectivity index (χ2n) is 5.15. The Morgan fingerprint density at radius 1 is 1.29 bits per heavy atom. The Labute approximate surface area is 131 Å². The lowest BCUT2D eigenvalue weighted by Crippen LogP contribution is -2.28. The van der Waals surface area contributed by atoms with Crippen LogP contribution < -0.4 is 0 Å². The van der Waals surface area contributed by atoms with Gasteiger partial charge in [-0.1, -0.05) is 31.5 Å². The highest BCUT2D eigenvalue weighted by atomic mass is 32.2. The molecule has 0 aliphatic rings. The number of amides is 1. The van der Waals surface area contributed by atoms with Crippen LogP contribution in [0.1, 0.15) is 36.5 Å². The number of hydrogen-bond donors (Lipinski definition) is 0. The third kappa shape index (κ3) is 5.38. The van der Waals surface area contributed by atoms with E-state index >= 15 is 0 Å². The van der Waals surface area contributed by atoms with Crippen LogP contribution in [0.15, 0.2) is 23.1 Å². The quantitative estimate of drug-likeness (QED) is 0.567. The van der Waals surface area contributed by atoms with Gasteiger partial charge in [-0.05, 0) is 54.8 Å². The van der Waals surface area contributed by atoms with E-state index in [0.29, 0.717) is 17.1 Å². The summed E-state index contributed by atoms with van der Waals surface area (Å²) >= 11 is 0.941. The fourth-order valence-corrected chi connectivity index (χ4v) is 2.45. The van der Waals surface area contributed by atoms with E-state index in [-0.39, 0.29) is 5.91 Å². The van der Waals surface area contributed by atoms with Crippen molar-refractivity contribution < 1.29 is 9.59 Å². The summed E-state index contributed by atoms with van der Waals surface area (Å²) in [7, 11) is 1.78. The standard InChI is InChI=1S/C17H23NO2S/c1-5-6-9-18(4)17(20)16(21-12-19)11-15-8-7-13(2)14(3)10-15/h7-8,10-12H,5-6,9H2,1-4H3/b16-11-. The van der Waals surface area contributed by atoms with Gasteiger partial charge in [-0.15, -0.1) is 0 Å². The van der Waals surface area contributed by atoms with Crippen molar-refractivity contribution in [2.75, 3.05) is 13.6 Å². The van der Waals surface area contributed by atoms with Crippen molar-refractivity contribution in [3.8, 4) is 0 Å². The van der Waals surface area contributed by atoms with Gasteiger partial charge in [0.25, 0.3) is 5.91 Å². The lowest BCUT2D eigenvalue weighted by molar-refractivity contribution is -0.125. The van der Waals surface area contributed by atoms with E-state index in [0.717, 1.165) is 30.2 Å². The maximum absolute atomic E-state index is 12.4. The lowest BCUT2D eigenvalue weighted by atomic mass is 10.1. The van der Waals surface area contributed by atoms with Crippen molar-refractivity contribution in [1.82, 2.24) is 4.90 Å². The molecule has 4 heteroatoms. The second-order valence-corrected chi connectivity index (χ2v) is 6.01. The summed E-state index contributed by atoms with van der Waals surface area (Å²) < 4.78 is 0. The van der Waals surface area contributed by atoms with Gasteiger partial charge >= 0.3 is 0 Å². The fourth-order valence-electron chi connectivity index (χ4n) is 1.89. The Morgan fingerprint density at radius 3 is 2.57 bits per heavy atom. The van der Waals surface area contributed by atoms with Gasteiger partial charge in [0.1, 0.15) is 0 Å². The smallest absolute Gasteiger partial charge is 0.260 e. The number of carbonyl (C=O) groups excluding carboxylic acids is 2. The average Bonchev–Trinajstić information content (AvgIpc) is 2.47. The molecule has 0 atom stereocenters. The van der Waals surface area contributed by atoms with Gasteiger partial charge in [-0.3, -0.25) is 9.59 Å². The van der Waals surface area contributed by atoms with Crippen LogP contribution in [0, 0.1) is 13.8 Å². The molecule has 0 radical (unpaired) electrons. The van der Waals surface area contributed by atoms with Crippen LogP contribution in [0.25, 0.3) is 6.08 Å². The first-order chi connectivity index (χ1) is 9.99. The molecule has 0 fully saturated rings. The van der Waals surface area contributed by atoms with E-state index in [9.17, 15) is 9.59 Å². The summed E-state index contributed by atoms with van der Waals surface area (Å²) in [5, 5.41) is 0. The zero-order valence-electron chi connectivity index (χ0n) is 13.2. The molecule has 1 rings (SSSR count). The zero-order valence-corrected chi connectivity index (χ0v) is 14.0. The van der Waals surface area contributed by atoms with Crippen molar-refractivity contribution >= 4 is 29.4 Å². The van der Waals surface area contributed by atoms with Crippen LogP contribution >= 0.6 is 11.8 Å². The summed E-state index contributed by atoms with van der Waals surface area (Å²) in [4.78, 5) is 25.3. The molecule has 1 aromatic carbocycles. The minimum absolute atomic E-state index is 0.0984. The predicted octanol–water partition coefficient (Wildman–Crippen LogP) is 3.83. The number of aryl methyl sites for hydroxylation is 2. The minimum Gasteiger partial charge on any atom is -0.341 e. The molecule has 0 aliphatic carbocycles. The summed E-state index contributed by atoms with van der Waals surface area (Å²) in [6.45, 7) is 6.88. The SMILES string of the molecule is CCCCN(C)C(=O)/C(=C/c1ccc(C)c(C)c1)SC=O. The topological polar surface area (TPSA) is 37.4 Å². The van der Waals surface area contributed by atoms with Gasteiger partial charge in [-0.25, -0.2) is 0 Å². The predicted molar refractivity (Wildman–Crippen MR) is 90.8 cm³/mol. The third-order valence-electron chi connectivity index (χ3n) is 3.41. The van der Waals surface area contributed by atoms with Crippen molar-refractivity contribution in [1.29, 1.82) is 0 Å². The van der Waals surface area contributed by atoms with Gasteiger partial charge < -0.3 is 4.90 Å². The molecule has 0 heterocycles. The van der Waals surface area contributed by atoms with Crippen molar-refractivity contribution in [2.45, 2.75) is 33.6 Å². The Hall–Kier alpha value is -1.55. The summed E-state index contributed by atoms with van der Waals surface area (Å²) in [6.07, 6.45) is 3.79. The third-order valence-corrected chi connectivity index (χ3v) is 4.05. The molecule has 0 aromatic heterocycles. The molecule has 0 aliphatic heterocycles. The van der Waals surface area contributed by atoms with E-state index in [4.69, 9.17) is 0 Å². The molecular weight excluding hydrogens is 282 g/mol. The van der Waals surface area contributed by atoms with Crippen LogP contribution in [0.3, 0.4) is 0 Å². The number of hydrogen-bond acceptors (Lipinski definition) is 3. The Morgan fingerprint density at radius 2 is 2.00 bits per heavy atom. The molecule has 0 saturated carbocycles. The van der Waals surface area contributed by atoms with Gasteiger partial charge in [0.15, 0.2) is 5.62 Å². The van der Waals surface area contributed by atoms with Crippen LogP contribution in [0.4, 0.5) is 0 Å². The number of rotatable bonds is 7. The van der Waals surface area contributed by atoms with E-state index < -0.39 is 0 Å². The van der Waals surface area contributed by atoms with Crippen molar-refractivity contribution in [2.24, 2.45) is 0 Å². The Kier molecular flexibility index (Phi) is 7.23. The highest BCUT2D eigenvalue weighted by Gasteiger charge is 2.15. The molecule has 114 valence electrons. The van der Waals surface area contributed by atoms with Crippen LogP contribution in [0.2, 0.25) is 0 Å². The largest absolute Gasteiger partial charge is 0.341 e. The number of unbranched alkanes of at least 4 members (excludes halogenated alkanes) is 1. The van der Waals surface area contributed by atoms with E-state index in [1.165, 1.54) is 11.1 Å². The maximum atomic E-state index is 12.4. The average molecular weight is 305 g/mol. The van der Waals surface area contributed by atoms with Crippen LogP contribution in [0.5, 0.6) is 0 Å². The molecule has 3 nitrogen and oxygen atoms in total. The number of thioether (sulfide) groups is 1. The molecule has 21 heavy (non-hydrogen) atoms. The molecular formula is C17H23NO2S. The fraction of sp³-hybridized carbons (Fsp3) is 0.412. The summed E-state index contributed by atoms with van der Waals surface area (Å²) in [6, 6.07) is 6.02. The van der Waals surface area contributed by atoms with E-state index in [2.05, 4.69) is 6.92 Å². The molecule has 0 unspecified atom stereocenters. The van der Waals surface area contributed by atoms with Crippen molar-refractivity contribution in [3.63, 3.8) is 0 Å². The van der Waals surface area contributed by atoms with Crippen molar-refractivity contribution in [3.05, 3.63) is 39.8 Å². The molecule has 0 bridgehead atoms. The van der Waals surface area contributed by atoms with Gasteiger partial charge in [-0.2, -0.15) is 0 Å². The highest BCUT2D eigenvalue weighted by molar-refractivity contribution is 8.16. The lowest BCUT2D eigenvalue weighted by Gasteiger charge is -2.17. The monoisotopic (exact) mass is 305 g/mol.